The molecule has 1 aliphatic heterocycles. The fraction of sp³-hybridized carbons (Fsp3) is 0.400. The number of nitrogens with one attached hydrogen (secondary N) is 1. The van der Waals surface area contributed by atoms with E-state index >= 15 is 8.78 Å². The van der Waals surface area contributed by atoms with Crippen LogP contribution in [0.1, 0.15) is 55.6 Å². The summed E-state index contributed by atoms with van der Waals surface area (Å²) < 4.78 is 45.5. The molecule has 0 amide bonds. The first-order valence-corrected chi connectivity index (χ1v) is 10.8. The van der Waals surface area contributed by atoms with E-state index in [0.29, 0.717) is 12.1 Å². The minimum absolute atomic E-state index is 0.00723. The standard InChI is InChI=1S/C25H27F3N2O2/c1-14-10-17-16-6-4-5-7-20(16)29-23(17)24(30(14)13-25(2,3)28)22-18(26)11-15(12-19(22)27)8-9-21(31)32/h4-7,11-12,14,24,29H,8-10,13H2,1-3H3,(H,31,32)/t14-,24?/m1/s1. The van der Waals surface area contributed by atoms with Gasteiger partial charge in [0.1, 0.15) is 17.3 Å². The van der Waals surface area contributed by atoms with Crippen molar-refractivity contribution in [2.45, 2.75) is 57.8 Å². The Labute approximate surface area is 185 Å². The molecule has 3 aromatic rings. The lowest BCUT2D eigenvalue weighted by Crippen LogP contribution is -2.48. The van der Waals surface area contributed by atoms with Gasteiger partial charge in [-0.2, -0.15) is 0 Å². The molecule has 0 spiro atoms. The predicted octanol–water partition coefficient (Wildman–Crippen LogP) is 5.55. The summed E-state index contributed by atoms with van der Waals surface area (Å²) in [5.41, 5.74) is 1.10. The van der Waals surface area contributed by atoms with Crippen molar-refractivity contribution in [3.63, 3.8) is 0 Å². The molecule has 2 N–H and O–H groups in total. The lowest BCUT2D eigenvalue weighted by Gasteiger charge is -2.43. The lowest BCUT2D eigenvalue weighted by molar-refractivity contribution is -0.136. The number of benzene rings is 2. The van der Waals surface area contributed by atoms with Gasteiger partial charge in [-0.1, -0.05) is 18.2 Å². The van der Waals surface area contributed by atoms with Crippen LogP contribution in [0.5, 0.6) is 0 Å². The van der Waals surface area contributed by atoms with Crippen molar-refractivity contribution in [3.8, 4) is 0 Å². The van der Waals surface area contributed by atoms with Crippen LogP contribution in [0.15, 0.2) is 36.4 Å². The average molecular weight is 444 g/mol. The maximum Gasteiger partial charge on any atom is 0.303 e. The molecule has 0 bridgehead atoms. The van der Waals surface area contributed by atoms with Gasteiger partial charge in [0.25, 0.3) is 0 Å². The van der Waals surface area contributed by atoms with Crippen molar-refractivity contribution in [2.24, 2.45) is 0 Å². The second-order valence-electron chi connectivity index (χ2n) is 9.28. The number of hydrogen-bond acceptors (Lipinski definition) is 2. The molecule has 1 unspecified atom stereocenters. The number of alkyl halides is 1. The van der Waals surface area contributed by atoms with Crippen LogP contribution in [-0.2, 0) is 17.6 Å². The van der Waals surface area contributed by atoms with Gasteiger partial charge in [-0.25, -0.2) is 13.2 Å². The highest BCUT2D eigenvalue weighted by atomic mass is 19.1. The van der Waals surface area contributed by atoms with E-state index in [0.717, 1.165) is 16.5 Å². The fourth-order valence-electron chi connectivity index (χ4n) is 4.79. The van der Waals surface area contributed by atoms with Gasteiger partial charge in [0.05, 0.1) is 6.04 Å². The van der Waals surface area contributed by atoms with E-state index in [4.69, 9.17) is 5.11 Å². The van der Waals surface area contributed by atoms with Crippen molar-refractivity contribution in [1.29, 1.82) is 0 Å². The molecule has 32 heavy (non-hydrogen) atoms. The van der Waals surface area contributed by atoms with E-state index in [2.05, 4.69) is 4.98 Å². The Balaban J connectivity index is 1.88. The Hall–Kier alpha value is -2.80. The third-order valence-electron chi connectivity index (χ3n) is 6.12. The van der Waals surface area contributed by atoms with Crippen LogP contribution in [0.3, 0.4) is 0 Å². The number of aromatic nitrogens is 1. The van der Waals surface area contributed by atoms with E-state index in [9.17, 15) is 9.18 Å². The van der Waals surface area contributed by atoms with E-state index in [1.54, 1.807) is 0 Å². The third-order valence-corrected chi connectivity index (χ3v) is 6.12. The summed E-state index contributed by atoms with van der Waals surface area (Å²) in [5, 5.41) is 9.89. The van der Waals surface area contributed by atoms with Gasteiger partial charge < -0.3 is 10.1 Å². The highest BCUT2D eigenvalue weighted by molar-refractivity contribution is 5.85. The molecule has 0 radical (unpaired) electrons. The summed E-state index contributed by atoms with van der Waals surface area (Å²) in [6.45, 7) is 4.87. The van der Waals surface area contributed by atoms with Gasteiger partial charge >= 0.3 is 5.97 Å². The molecule has 4 nitrogen and oxygen atoms in total. The Morgan fingerprint density at radius 1 is 1.22 bits per heavy atom. The summed E-state index contributed by atoms with van der Waals surface area (Å²) in [5.74, 6) is -2.54. The molecule has 1 aromatic heterocycles. The first kappa shape index (κ1) is 22.4. The molecule has 2 atom stereocenters. The number of rotatable bonds is 6. The maximum absolute atomic E-state index is 15.4. The molecule has 7 heteroatoms. The Morgan fingerprint density at radius 2 is 1.88 bits per heavy atom. The largest absolute Gasteiger partial charge is 0.481 e. The number of carboxylic acids is 1. The quantitative estimate of drug-likeness (QED) is 0.524. The Bertz CT molecular complexity index is 1140. The predicted molar refractivity (Wildman–Crippen MR) is 118 cm³/mol. The molecule has 0 fully saturated rings. The number of fused-ring (bicyclic) bond motifs is 3. The Morgan fingerprint density at radius 3 is 2.50 bits per heavy atom. The zero-order valence-corrected chi connectivity index (χ0v) is 18.4. The van der Waals surface area contributed by atoms with Gasteiger partial charge in [-0.05, 0) is 62.9 Å². The summed E-state index contributed by atoms with van der Waals surface area (Å²) in [4.78, 5) is 16.0. The summed E-state index contributed by atoms with van der Waals surface area (Å²) in [6, 6.07) is 9.13. The van der Waals surface area contributed by atoms with E-state index in [1.807, 2.05) is 36.1 Å². The highest BCUT2D eigenvalue weighted by Gasteiger charge is 2.40. The summed E-state index contributed by atoms with van der Waals surface area (Å²) >= 11 is 0. The number of carboxylic acid groups (broad SMARTS) is 1. The van der Waals surface area contributed by atoms with Crippen molar-refractivity contribution in [2.75, 3.05) is 6.54 Å². The van der Waals surface area contributed by atoms with Crippen LogP contribution in [0.25, 0.3) is 10.9 Å². The smallest absolute Gasteiger partial charge is 0.303 e. The van der Waals surface area contributed by atoms with Crippen LogP contribution in [0.4, 0.5) is 13.2 Å². The molecule has 4 rings (SSSR count). The van der Waals surface area contributed by atoms with Crippen LogP contribution >= 0.6 is 0 Å². The number of para-hydroxylation sites is 1. The first-order chi connectivity index (χ1) is 15.0. The second-order valence-corrected chi connectivity index (χ2v) is 9.28. The number of carbonyl (C=O) groups is 1. The number of hydrogen-bond donors (Lipinski definition) is 2. The fourth-order valence-corrected chi connectivity index (χ4v) is 4.79. The number of H-pyrrole nitrogens is 1. The normalized spacial score (nSPS) is 19.3. The highest BCUT2D eigenvalue weighted by Crippen LogP contribution is 2.43. The SMILES string of the molecule is C[C@@H]1Cc2c([nH]c3ccccc23)C(c2c(F)cc(CCC(=O)O)cc2F)N1CC(C)(C)F. The molecule has 170 valence electrons. The maximum atomic E-state index is 15.4. The third kappa shape index (κ3) is 4.26. The topological polar surface area (TPSA) is 56.3 Å². The van der Waals surface area contributed by atoms with Gasteiger partial charge in [-0.15, -0.1) is 0 Å². The average Bonchev–Trinajstić information content (AvgIpc) is 3.05. The van der Waals surface area contributed by atoms with Crippen molar-refractivity contribution in [1.82, 2.24) is 9.88 Å². The van der Waals surface area contributed by atoms with E-state index < -0.39 is 29.3 Å². The zero-order valence-electron chi connectivity index (χ0n) is 18.4. The van der Waals surface area contributed by atoms with Gasteiger partial charge in [0.2, 0.25) is 0 Å². The van der Waals surface area contributed by atoms with Gasteiger partial charge in [0, 0.05) is 41.2 Å². The van der Waals surface area contributed by atoms with Gasteiger partial charge in [0.15, 0.2) is 0 Å². The van der Waals surface area contributed by atoms with Crippen LogP contribution in [-0.4, -0.2) is 39.2 Å². The van der Waals surface area contributed by atoms with Crippen molar-refractivity contribution in [3.05, 3.63) is 70.4 Å². The number of aryl methyl sites for hydroxylation is 1. The lowest BCUT2D eigenvalue weighted by atomic mass is 9.86. The van der Waals surface area contributed by atoms with Gasteiger partial charge in [-0.3, -0.25) is 9.69 Å². The monoisotopic (exact) mass is 444 g/mol. The van der Waals surface area contributed by atoms with Crippen molar-refractivity contribution < 1.29 is 23.1 Å². The minimum atomic E-state index is -1.57. The van der Waals surface area contributed by atoms with E-state index in [-0.39, 0.29) is 36.6 Å². The number of aromatic amines is 1. The number of halogens is 3. The Kier molecular flexibility index (Phi) is 5.79. The molecule has 0 aliphatic carbocycles. The summed E-state index contributed by atoms with van der Waals surface area (Å²) in [7, 11) is 0. The molecule has 0 saturated carbocycles. The van der Waals surface area contributed by atoms with Crippen LogP contribution in [0.2, 0.25) is 0 Å². The molecule has 0 saturated heterocycles. The molecule has 2 aromatic carbocycles. The number of aliphatic carboxylic acids is 1. The van der Waals surface area contributed by atoms with Crippen molar-refractivity contribution >= 4 is 16.9 Å². The molecular weight excluding hydrogens is 417 g/mol. The van der Waals surface area contributed by atoms with Crippen LogP contribution in [0, 0.1) is 11.6 Å². The van der Waals surface area contributed by atoms with Crippen LogP contribution < -0.4 is 0 Å². The van der Waals surface area contributed by atoms with E-state index in [1.165, 1.54) is 26.0 Å². The molecule has 2 heterocycles. The number of nitrogens with zero attached hydrogens (tertiary/aromatic N) is 1. The minimum Gasteiger partial charge on any atom is -0.481 e. The molecular formula is C25H27F3N2O2. The summed E-state index contributed by atoms with van der Waals surface area (Å²) in [6.07, 6.45) is 0.447. The zero-order chi connectivity index (χ0) is 23.2. The first-order valence-electron chi connectivity index (χ1n) is 10.8. The molecule has 1 aliphatic rings. The second kappa shape index (κ2) is 8.28.